The maximum atomic E-state index is 12.7. The predicted octanol–water partition coefficient (Wildman–Crippen LogP) is 5.65. The van der Waals surface area contributed by atoms with Gasteiger partial charge in [-0.25, -0.2) is 4.79 Å². The molecule has 0 saturated carbocycles. The van der Waals surface area contributed by atoms with E-state index >= 15 is 0 Å². The second-order valence-corrected chi connectivity index (χ2v) is 7.34. The topological polar surface area (TPSA) is 39.2 Å². The summed E-state index contributed by atoms with van der Waals surface area (Å²) in [5, 5.41) is 0.938. The zero-order valence-corrected chi connectivity index (χ0v) is 16.1. The van der Waals surface area contributed by atoms with Crippen LogP contribution in [0.2, 0.25) is 0 Å². The molecule has 3 rings (SSSR count). The highest BCUT2D eigenvalue weighted by Crippen LogP contribution is 2.35. The van der Waals surface area contributed by atoms with Crippen molar-refractivity contribution in [3.63, 3.8) is 0 Å². The zero-order chi connectivity index (χ0) is 18.0. The van der Waals surface area contributed by atoms with Crippen LogP contribution < -0.4 is 0 Å². The van der Waals surface area contributed by atoms with Gasteiger partial charge in [0.05, 0.1) is 23.9 Å². The van der Waals surface area contributed by atoms with Crippen molar-refractivity contribution in [2.24, 2.45) is 5.92 Å². The average molecular weight is 398 g/mol. The van der Waals surface area contributed by atoms with Gasteiger partial charge in [-0.1, -0.05) is 60.1 Å². The molecule has 1 heterocycles. The lowest BCUT2D eigenvalue weighted by atomic mass is 9.91. The SMILES string of the molecule is COC(=O)c1c(CC(C)C)nc2ccc(Br)cc2c1-c1ccccc1. The number of hydrogen-bond acceptors (Lipinski definition) is 3. The molecule has 0 saturated heterocycles. The molecule has 0 unspecified atom stereocenters. The minimum Gasteiger partial charge on any atom is -0.465 e. The summed E-state index contributed by atoms with van der Waals surface area (Å²) >= 11 is 3.53. The summed E-state index contributed by atoms with van der Waals surface area (Å²) in [6, 6.07) is 15.9. The fraction of sp³-hybridized carbons (Fsp3) is 0.238. The van der Waals surface area contributed by atoms with Crippen molar-refractivity contribution in [3.8, 4) is 11.1 Å². The maximum absolute atomic E-state index is 12.7. The molecular weight excluding hydrogens is 378 g/mol. The van der Waals surface area contributed by atoms with Gasteiger partial charge in [0, 0.05) is 15.4 Å². The first-order valence-corrected chi connectivity index (χ1v) is 9.06. The number of esters is 1. The number of fused-ring (bicyclic) bond motifs is 1. The third-order valence-electron chi connectivity index (χ3n) is 4.08. The van der Waals surface area contributed by atoms with Gasteiger partial charge in [0.15, 0.2) is 0 Å². The van der Waals surface area contributed by atoms with Crippen LogP contribution in [0, 0.1) is 5.92 Å². The van der Waals surface area contributed by atoms with Crippen LogP contribution in [0.1, 0.15) is 29.9 Å². The molecule has 3 nitrogen and oxygen atoms in total. The molecule has 1 aromatic heterocycles. The van der Waals surface area contributed by atoms with Crippen molar-refractivity contribution in [2.45, 2.75) is 20.3 Å². The summed E-state index contributed by atoms with van der Waals surface area (Å²) in [4.78, 5) is 17.5. The van der Waals surface area contributed by atoms with Crippen LogP contribution >= 0.6 is 15.9 Å². The third-order valence-corrected chi connectivity index (χ3v) is 4.57. The maximum Gasteiger partial charge on any atom is 0.340 e. The Balaban J connectivity index is 2.44. The lowest BCUT2D eigenvalue weighted by molar-refractivity contribution is 0.0600. The molecule has 4 heteroatoms. The van der Waals surface area contributed by atoms with Gasteiger partial charge in [-0.15, -0.1) is 0 Å². The third kappa shape index (κ3) is 3.59. The van der Waals surface area contributed by atoms with Gasteiger partial charge in [0.1, 0.15) is 0 Å². The first kappa shape index (κ1) is 17.6. The minimum atomic E-state index is -0.344. The van der Waals surface area contributed by atoms with Crippen molar-refractivity contribution in [1.29, 1.82) is 0 Å². The second kappa shape index (κ2) is 7.36. The van der Waals surface area contributed by atoms with E-state index < -0.39 is 0 Å². The highest BCUT2D eigenvalue weighted by molar-refractivity contribution is 9.10. The monoisotopic (exact) mass is 397 g/mol. The Bertz CT molecular complexity index is 920. The number of methoxy groups -OCH3 is 1. The molecular formula is C21H20BrNO2. The van der Waals surface area contributed by atoms with Crippen molar-refractivity contribution >= 4 is 32.8 Å². The fourth-order valence-electron chi connectivity index (χ4n) is 3.05. The molecule has 0 amide bonds. The molecule has 25 heavy (non-hydrogen) atoms. The van der Waals surface area contributed by atoms with Gasteiger partial charge < -0.3 is 4.74 Å². The first-order valence-electron chi connectivity index (χ1n) is 8.27. The minimum absolute atomic E-state index is 0.344. The summed E-state index contributed by atoms with van der Waals surface area (Å²) in [7, 11) is 1.42. The Morgan fingerprint density at radius 1 is 1.16 bits per heavy atom. The summed E-state index contributed by atoms with van der Waals surface area (Å²) in [6.07, 6.45) is 0.719. The molecule has 0 radical (unpaired) electrons. The molecule has 0 aliphatic carbocycles. The molecule has 0 bridgehead atoms. The van der Waals surface area contributed by atoms with Crippen molar-refractivity contribution in [3.05, 3.63) is 64.3 Å². The lowest BCUT2D eigenvalue weighted by Gasteiger charge is -2.17. The number of hydrogen-bond donors (Lipinski definition) is 0. The lowest BCUT2D eigenvalue weighted by Crippen LogP contribution is -2.12. The van der Waals surface area contributed by atoms with Gasteiger partial charge >= 0.3 is 5.97 Å². The van der Waals surface area contributed by atoms with E-state index in [1.165, 1.54) is 7.11 Å². The smallest absolute Gasteiger partial charge is 0.340 e. The average Bonchev–Trinajstić information content (AvgIpc) is 2.60. The Morgan fingerprint density at radius 3 is 2.52 bits per heavy atom. The van der Waals surface area contributed by atoms with E-state index in [4.69, 9.17) is 9.72 Å². The standard InChI is InChI=1S/C21H20BrNO2/c1-13(2)11-18-20(21(24)25-3)19(14-7-5-4-6-8-14)16-12-15(22)9-10-17(16)23-18/h4-10,12-13H,11H2,1-3H3. The Morgan fingerprint density at radius 2 is 1.88 bits per heavy atom. The molecule has 128 valence electrons. The molecule has 0 spiro atoms. The summed E-state index contributed by atoms with van der Waals surface area (Å²) in [5.41, 5.74) is 4.10. The number of rotatable bonds is 4. The molecule has 0 N–H and O–H groups in total. The molecule has 0 fully saturated rings. The molecule has 0 aliphatic rings. The Labute approximate surface area is 156 Å². The Kier molecular flexibility index (Phi) is 5.19. The van der Waals surface area contributed by atoms with E-state index in [2.05, 4.69) is 29.8 Å². The molecule has 0 aliphatic heterocycles. The van der Waals surface area contributed by atoms with E-state index in [0.29, 0.717) is 11.5 Å². The summed E-state index contributed by atoms with van der Waals surface area (Å²) in [6.45, 7) is 4.24. The molecule has 3 aromatic rings. The number of pyridine rings is 1. The Hall–Kier alpha value is -2.20. The summed E-state index contributed by atoms with van der Waals surface area (Å²) < 4.78 is 6.06. The number of carbonyl (C=O) groups excluding carboxylic acids is 1. The summed E-state index contributed by atoms with van der Waals surface area (Å²) in [5.74, 6) is 0.0382. The highest BCUT2D eigenvalue weighted by atomic mass is 79.9. The highest BCUT2D eigenvalue weighted by Gasteiger charge is 2.23. The molecule has 2 aromatic carbocycles. The van der Waals surface area contributed by atoms with E-state index in [1.54, 1.807) is 0 Å². The predicted molar refractivity (Wildman–Crippen MR) is 105 cm³/mol. The van der Waals surface area contributed by atoms with Gasteiger partial charge in [0.25, 0.3) is 0 Å². The van der Waals surface area contributed by atoms with Gasteiger partial charge in [-0.05, 0) is 36.1 Å². The van der Waals surface area contributed by atoms with Gasteiger partial charge in [0.2, 0.25) is 0 Å². The van der Waals surface area contributed by atoms with Crippen LogP contribution in [0.5, 0.6) is 0 Å². The van der Waals surface area contributed by atoms with Crippen LogP contribution in [0.15, 0.2) is 53.0 Å². The van der Waals surface area contributed by atoms with Crippen molar-refractivity contribution in [1.82, 2.24) is 4.98 Å². The van der Waals surface area contributed by atoms with Crippen LogP contribution in [-0.2, 0) is 11.2 Å². The number of ether oxygens (including phenoxy) is 1. The second-order valence-electron chi connectivity index (χ2n) is 6.43. The van der Waals surface area contributed by atoms with Crippen LogP contribution in [0.25, 0.3) is 22.0 Å². The fourth-order valence-corrected chi connectivity index (χ4v) is 3.41. The number of carbonyl (C=O) groups is 1. The van der Waals surface area contributed by atoms with E-state index in [0.717, 1.165) is 38.6 Å². The van der Waals surface area contributed by atoms with E-state index in [9.17, 15) is 4.79 Å². The first-order chi connectivity index (χ1) is 12.0. The quantitative estimate of drug-likeness (QED) is 0.533. The van der Waals surface area contributed by atoms with Crippen molar-refractivity contribution in [2.75, 3.05) is 7.11 Å². The molecule has 0 atom stereocenters. The van der Waals surface area contributed by atoms with Gasteiger partial charge in [-0.3, -0.25) is 4.98 Å². The zero-order valence-electron chi connectivity index (χ0n) is 14.5. The number of halogens is 1. The van der Waals surface area contributed by atoms with E-state index in [1.807, 2.05) is 48.5 Å². The van der Waals surface area contributed by atoms with Crippen molar-refractivity contribution < 1.29 is 9.53 Å². The normalized spacial score (nSPS) is 11.1. The van der Waals surface area contributed by atoms with Crippen LogP contribution in [-0.4, -0.2) is 18.1 Å². The number of benzene rings is 2. The van der Waals surface area contributed by atoms with Gasteiger partial charge in [-0.2, -0.15) is 0 Å². The largest absolute Gasteiger partial charge is 0.465 e. The van der Waals surface area contributed by atoms with Crippen LogP contribution in [0.4, 0.5) is 0 Å². The van der Waals surface area contributed by atoms with Crippen LogP contribution in [0.3, 0.4) is 0 Å². The number of nitrogens with zero attached hydrogens (tertiary/aromatic N) is 1. The van der Waals surface area contributed by atoms with E-state index in [-0.39, 0.29) is 5.97 Å². The number of aromatic nitrogens is 1.